The number of halogens is 5. The number of amidine groups is 1. The summed E-state index contributed by atoms with van der Waals surface area (Å²) in [6, 6.07) is 2.08. The molecule has 1 rings (SSSR count). The van der Waals surface area contributed by atoms with Crippen LogP contribution in [0.1, 0.15) is 0 Å². The van der Waals surface area contributed by atoms with Crippen LogP contribution in [0.4, 0.5) is 22.0 Å². The molecule has 0 bridgehead atoms. The predicted octanol–water partition coefficient (Wildman–Crippen LogP) is 2.27. The first-order chi connectivity index (χ1) is 8.75. The molecule has 0 saturated carbocycles. The summed E-state index contributed by atoms with van der Waals surface area (Å²) in [6.45, 7) is -1.14. The molecule has 1 unspecified atom stereocenters. The maximum Gasteiger partial charge on any atom is 0.402 e. The predicted molar refractivity (Wildman–Crippen MR) is 54.8 cm³/mol. The molecule has 0 heterocycles. The molecule has 0 aromatic heterocycles. The molecule has 1 atom stereocenters. The van der Waals surface area contributed by atoms with E-state index in [1.165, 1.54) is 0 Å². The van der Waals surface area contributed by atoms with Crippen LogP contribution in [0.25, 0.3) is 0 Å². The van der Waals surface area contributed by atoms with Crippen molar-refractivity contribution in [1.29, 1.82) is 0 Å². The Morgan fingerprint density at radius 2 is 2.00 bits per heavy atom. The highest BCUT2D eigenvalue weighted by atomic mass is 19.4. The Kier molecular flexibility index (Phi) is 4.52. The Morgan fingerprint density at radius 1 is 1.37 bits per heavy atom. The van der Waals surface area contributed by atoms with Crippen LogP contribution >= 0.6 is 0 Å². The third-order valence-electron chi connectivity index (χ3n) is 2.17. The molecular weight excluding hydrogens is 275 g/mol. The van der Waals surface area contributed by atoms with Gasteiger partial charge in [-0.25, -0.2) is 8.78 Å². The molecule has 0 amide bonds. The fourth-order valence-corrected chi connectivity index (χ4v) is 1.18. The number of ether oxygens (including phenoxy) is 1. The van der Waals surface area contributed by atoms with Crippen LogP contribution in [0.5, 0.6) is 5.75 Å². The van der Waals surface area contributed by atoms with E-state index in [0.717, 1.165) is 6.07 Å². The molecule has 1 aromatic rings. The lowest BCUT2D eigenvalue weighted by Gasteiger charge is -2.19. The molecule has 3 N–H and O–H groups in total. The molecule has 0 aliphatic heterocycles. The van der Waals surface area contributed by atoms with Gasteiger partial charge >= 0.3 is 6.18 Å². The van der Waals surface area contributed by atoms with E-state index in [4.69, 9.17) is 10.9 Å². The first-order valence-electron chi connectivity index (χ1n) is 4.87. The first-order valence-corrected chi connectivity index (χ1v) is 4.87. The van der Waals surface area contributed by atoms with Crippen LogP contribution in [0.3, 0.4) is 0 Å². The normalized spacial score (nSPS) is 14.3. The highest BCUT2D eigenvalue weighted by molar-refractivity contribution is 5.83. The smallest absolute Gasteiger partial charge is 0.402 e. The van der Waals surface area contributed by atoms with Crippen molar-refractivity contribution in [2.75, 3.05) is 6.61 Å². The Labute approximate surface area is 104 Å². The quantitative estimate of drug-likeness (QED) is 0.293. The fourth-order valence-electron chi connectivity index (χ4n) is 1.18. The van der Waals surface area contributed by atoms with E-state index in [9.17, 15) is 22.0 Å². The number of hydrogen-bond donors (Lipinski definition) is 2. The zero-order valence-corrected chi connectivity index (χ0v) is 9.29. The molecule has 0 aliphatic rings. The summed E-state index contributed by atoms with van der Waals surface area (Å²) < 4.78 is 68.0. The third-order valence-corrected chi connectivity index (χ3v) is 2.17. The monoisotopic (exact) mass is 284 g/mol. The topological polar surface area (TPSA) is 67.8 Å². The molecule has 0 spiro atoms. The van der Waals surface area contributed by atoms with Gasteiger partial charge in [-0.3, -0.25) is 0 Å². The van der Waals surface area contributed by atoms with Crippen LogP contribution in [0.2, 0.25) is 0 Å². The van der Waals surface area contributed by atoms with Gasteiger partial charge in [0.25, 0.3) is 0 Å². The van der Waals surface area contributed by atoms with Gasteiger partial charge in [-0.2, -0.15) is 13.2 Å². The number of benzene rings is 1. The average Bonchev–Trinajstić information content (AvgIpc) is 2.31. The van der Waals surface area contributed by atoms with Crippen LogP contribution in [0.15, 0.2) is 23.4 Å². The lowest BCUT2D eigenvalue weighted by molar-refractivity contribution is -0.162. The van der Waals surface area contributed by atoms with Crippen LogP contribution < -0.4 is 10.5 Å². The van der Waals surface area contributed by atoms with E-state index in [1.807, 2.05) is 0 Å². The first kappa shape index (κ1) is 15.0. The third kappa shape index (κ3) is 3.97. The maximum absolute atomic E-state index is 13.1. The van der Waals surface area contributed by atoms with Crippen molar-refractivity contribution in [1.82, 2.24) is 0 Å². The highest BCUT2D eigenvalue weighted by Crippen LogP contribution is 2.28. The second-order valence-electron chi connectivity index (χ2n) is 3.50. The minimum absolute atomic E-state index is 0.592. The van der Waals surface area contributed by atoms with Crippen LogP contribution in [0, 0.1) is 17.6 Å². The van der Waals surface area contributed by atoms with Crippen LogP contribution in [-0.4, -0.2) is 23.8 Å². The summed E-state index contributed by atoms with van der Waals surface area (Å²) in [5, 5.41) is 10.5. The molecule has 0 radical (unpaired) electrons. The zero-order chi connectivity index (χ0) is 14.6. The van der Waals surface area contributed by atoms with Gasteiger partial charge in [0.2, 0.25) is 0 Å². The van der Waals surface area contributed by atoms with E-state index in [0.29, 0.717) is 12.1 Å². The Hall–Kier alpha value is -2.06. The summed E-state index contributed by atoms with van der Waals surface area (Å²) in [4.78, 5) is 0. The van der Waals surface area contributed by atoms with Gasteiger partial charge in [-0.1, -0.05) is 5.16 Å². The largest absolute Gasteiger partial charge is 0.489 e. The minimum atomic E-state index is -4.85. The van der Waals surface area contributed by atoms with Crippen molar-refractivity contribution in [2.45, 2.75) is 6.18 Å². The van der Waals surface area contributed by atoms with Gasteiger partial charge in [-0.15, -0.1) is 0 Å². The van der Waals surface area contributed by atoms with E-state index >= 15 is 0 Å². The SMILES string of the molecule is N/C(=N/O)C(COc1cc(F)ccc1F)C(F)(F)F. The van der Waals surface area contributed by atoms with Gasteiger partial charge < -0.3 is 15.7 Å². The second-order valence-corrected chi connectivity index (χ2v) is 3.50. The molecule has 4 nitrogen and oxygen atoms in total. The molecule has 9 heteroatoms. The Balaban J connectivity index is 2.85. The lowest BCUT2D eigenvalue weighted by Crippen LogP contribution is -2.40. The van der Waals surface area contributed by atoms with Crippen LogP contribution in [-0.2, 0) is 0 Å². The van der Waals surface area contributed by atoms with Crippen molar-refractivity contribution >= 4 is 5.84 Å². The molecule has 0 saturated heterocycles. The lowest BCUT2D eigenvalue weighted by atomic mass is 10.1. The van der Waals surface area contributed by atoms with Gasteiger partial charge in [0, 0.05) is 6.07 Å². The average molecular weight is 284 g/mol. The molecule has 106 valence electrons. The summed E-state index contributed by atoms with van der Waals surface area (Å²) in [5.74, 6) is -6.16. The van der Waals surface area contributed by atoms with Crippen molar-refractivity contribution < 1.29 is 31.9 Å². The molecule has 0 aliphatic carbocycles. The summed E-state index contributed by atoms with van der Waals surface area (Å²) >= 11 is 0. The van der Waals surface area contributed by atoms with E-state index in [2.05, 4.69) is 9.89 Å². The number of rotatable bonds is 4. The van der Waals surface area contributed by atoms with Crippen molar-refractivity contribution in [2.24, 2.45) is 16.8 Å². The number of nitrogens with zero attached hydrogens (tertiary/aromatic N) is 1. The standard InChI is InChI=1S/C10H9F5N2O2/c11-5-1-2-7(12)8(3-5)19-4-6(9(16)17-18)10(13,14)15/h1-3,6,18H,4H2,(H2,16,17). The van der Waals surface area contributed by atoms with Crippen molar-refractivity contribution in [3.63, 3.8) is 0 Å². The highest BCUT2D eigenvalue weighted by Gasteiger charge is 2.43. The Bertz CT molecular complexity index is 475. The summed E-state index contributed by atoms with van der Waals surface area (Å²) in [5.41, 5.74) is 4.87. The van der Waals surface area contributed by atoms with Gasteiger partial charge in [0.15, 0.2) is 17.4 Å². The molecule has 1 aromatic carbocycles. The van der Waals surface area contributed by atoms with Gasteiger partial charge in [0.1, 0.15) is 18.3 Å². The van der Waals surface area contributed by atoms with E-state index in [1.54, 1.807) is 0 Å². The van der Waals surface area contributed by atoms with Crippen molar-refractivity contribution in [3.05, 3.63) is 29.8 Å². The Morgan fingerprint density at radius 3 is 2.53 bits per heavy atom. The van der Waals surface area contributed by atoms with Crippen molar-refractivity contribution in [3.8, 4) is 5.75 Å². The number of oxime groups is 1. The van der Waals surface area contributed by atoms with E-state index in [-0.39, 0.29) is 0 Å². The number of hydrogen-bond acceptors (Lipinski definition) is 3. The maximum atomic E-state index is 13.1. The fraction of sp³-hybridized carbons (Fsp3) is 0.300. The second kappa shape index (κ2) is 5.72. The zero-order valence-electron chi connectivity index (χ0n) is 9.29. The van der Waals surface area contributed by atoms with Gasteiger partial charge in [-0.05, 0) is 12.1 Å². The number of nitrogens with two attached hydrogens (primary N) is 1. The summed E-state index contributed by atoms with van der Waals surface area (Å²) in [7, 11) is 0. The molecular formula is C10H9F5N2O2. The van der Waals surface area contributed by atoms with E-state index < -0.39 is 41.9 Å². The molecule has 0 fully saturated rings. The minimum Gasteiger partial charge on any atom is -0.489 e. The molecule has 19 heavy (non-hydrogen) atoms. The summed E-state index contributed by atoms with van der Waals surface area (Å²) in [6.07, 6.45) is -4.85. The number of alkyl halides is 3. The van der Waals surface area contributed by atoms with Gasteiger partial charge in [0.05, 0.1) is 0 Å².